The molecule has 0 amide bonds. The number of hydrogen-bond donors (Lipinski definition) is 1. The lowest BCUT2D eigenvalue weighted by Gasteiger charge is -2.46. The normalized spacial score (nSPS) is 18.0. The Morgan fingerprint density at radius 1 is 1.18 bits per heavy atom. The second-order valence-electron chi connectivity index (χ2n) is 10.4. The summed E-state index contributed by atoms with van der Waals surface area (Å²) in [6.45, 7) is 8.38. The molecule has 3 aliphatic rings. The Morgan fingerprint density at radius 3 is 2.74 bits per heavy atom. The van der Waals surface area contributed by atoms with Crippen molar-refractivity contribution < 1.29 is 13.9 Å². The summed E-state index contributed by atoms with van der Waals surface area (Å²) in [5, 5.41) is 11.9. The van der Waals surface area contributed by atoms with E-state index < -0.39 is 0 Å². The van der Waals surface area contributed by atoms with E-state index in [9.17, 15) is 9.65 Å². The quantitative estimate of drug-likeness (QED) is 0.389. The number of fused-ring (bicyclic) bond motifs is 4. The molecule has 7 rings (SSSR count). The topological polar surface area (TPSA) is 101 Å². The number of morpholine rings is 1. The summed E-state index contributed by atoms with van der Waals surface area (Å²) in [4.78, 5) is 14.7. The van der Waals surface area contributed by atoms with Crippen LogP contribution < -0.4 is 10.6 Å². The van der Waals surface area contributed by atoms with Gasteiger partial charge in [0.25, 0.3) is 0 Å². The van der Waals surface area contributed by atoms with Gasteiger partial charge in [-0.05, 0) is 40.3 Å². The van der Waals surface area contributed by atoms with Gasteiger partial charge in [-0.3, -0.25) is 4.90 Å². The van der Waals surface area contributed by atoms with Crippen molar-refractivity contribution in [2.24, 2.45) is 0 Å². The zero-order valence-corrected chi connectivity index (χ0v) is 22.6. The largest absolute Gasteiger partial charge is 0.389 e. The summed E-state index contributed by atoms with van der Waals surface area (Å²) in [6, 6.07) is 5.99. The van der Waals surface area contributed by atoms with Crippen LogP contribution in [0.1, 0.15) is 35.6 Å². The molecule has 8 nitrogen and oxygen atoms in total. The van der Waals surface area contributed by atoms with Gasteiger partial charge in [0.1, 0.15) is 16.9 Å². The van der Waals surface area contributed by atoms with Gasteiger partial charge in [-0.1, -0.05) is 19.4 Å². The Bertz CT molecular complexity index is 1650. The number of nitrogens with two attached hydrogens (primary N) is 1. The number of halogens is 1. The maximum Gasteiger partial charge on any atom is 0.225 e. The van der Waals surface area contributed by atoms with Gasteiger partial charge in [-0.25, -0.2) is 14.4 Å². The van der Waals surface area contributed by atoms with Gasteiger partial charge in [-0.2, -0.15) is 5.26 Å². The zero-order chi connectivity index (χ0) is 26.7. The monoisotopic (exact) mass is 544 g/mol. The van der Waals surface area contributed by atoms with Crippen molar-refractivity contribution in [3.8, 4) is 17.2 Å². The molecule has 10 heteroatoms. The van der Waals surface area contributed by atoms with Gasteiger partial charge in [0.05, 0.1) is 42.2 Å². The van der Waals surface area contributed by atoms with Crippen molar-refractivity contribution in [2.75, 3.05) is 50.0 Å². The number of thiophene rings is 1. The van der Waals surface area contributed by atoms with E-state index in [0.29, 0.717) is 39.9 Å². The van der Waals surface area contributed by atoms with Crippen LogP contribution in [0.4, 0.5) is 15.3 Å². The van der Waals surface area contributed by atoms with E-state index in [2.05, 4.69) is 22.8 Å². The number of aryl methyl sites for hydroxylation is 1. The first kappa shape index (κ1) is 24.7. The number of aromatic nitrogens is 2. The first-order valence-corrected chi connectivity index (χ1v) is 14.3. The lowest BCUT2D eigenvalue weighted by atomic mass is 9.85. The molecule has 2 N–H and O–H groups in total. The van der Waals surface area contributed by atoms with Crippen LogP contribution in [0, 0.1) is 17.1 Å². The van der Waals surface area contributed by atoms with Gasteiger partial charge >= 0.3 is 0 Å². The van der Waals surface area contributed by atoms with Gasteiger partial charge in [0.15, 0.2) is 0 Å². The number of hydrogen-bond acceptors (Lipinski definition) is 9. The molecule has 0 saturated carbocycles. The van der Waals surface area contributed by atoms with Crippen LogP contribution in [0.5, 0.6) is 0 Å². The number of nitriles is 1. The fourth-order valence-corrected chi connectivity index (χ4v) is 7.24. The maximum atomic E-state index is 14.9. The molecule has 39 heavy (non-hydrogen) atoms. The molecule has 200 valence electrons. The number of rotatable bonds is 5. The lowest BCUT2D eigenvalue weighted by Crippen LogP contribution is -2.62. The van der Waals surface area contributed by atoms with E-state index in [0.717, 1.165) is 108 Å². The highest BCUT2D eigenvalue weighted by atomic mass is 32.1. The smallest absolute Gasteiger partial charge is 0.225 e. The highest BCUT2D eigenvalue weighted by molar-refractivity contribution is 7.23. The van der Waals surface area contributed by atoms with Crippen LogP contribution in [-0.2, 0) is 29.1 Å². The van der Waals surface area contributed by atoms with Crippen molar-refractivity contribution in [1.29, 1.82) is 5.26 Å². The molecular weight excluding hydrogens is 515 g/mol. The third kappa shape index (κ3) is 3.87. The fourth-order valence-electron chi connectivity index (χ4n) is 6.29. The standard InChI is InChI=1S/C29H29FN6O2S/c1-2-3-18-24(17-4-5-23(30)27-25(17)19(10-31)28(32)39-27)22-15-38-14-21(22)20-11-33-29(34-26(18)20)36-12-16(13-36)35-6-8-37-9-7-35/h4-5,11,16H,2-3,6-9,12-15,32H2,1H3. The Labute approximate surface area is 229 Å². The van der Waals surface area contributed by atoms with E-state index >= 15 is 0 Å². The Balaban J connectivity index is 1.40. The molecule has 2 saturated heterocycles. The van der Waals surface area contributed by atoms with E-state index in [-0.39, 0.29) is 5.82 Å². The Morgan fingerprint density at radius 2 is 1.97 bits per heavy atom. The number of nitrogens with zero attached hydrogens (tertiary/aromatic N) is 5. The minimum atomic E-state index is -0.366. The molecule has 0 spiro atoms. The molecule has 3 aliphatic heterocycles. The average molecular weight is 545 g/mol. The summed E-state index contributed by atoms with van der Waals surface area (Å²) in [5.41, 5.74) is 12.5. The minimum absolute atomic E-state index is 0.331. The van der Waals surface area contributed by atoms with Crippen molar-refractivity contribution in [3.63, 3.8) is 0 Å². The van der Waals surface area contributed by atoms with Crippen molar-refractivity contribution in [1.82, 2.24) is 14.9 Å². The highest BCUT2D eigenvalue weighted by Crippen LogP contribution is 2.47. The molecule has 0 aliphatic carbocycles. The lowest BCUT2D eigenvalue weighted by molar-refractivity contribution is 0.0103. The Hall–Kier alpha value is -3.36. The average Bonchev–Trinajstić information content (AvgIpc) is 3.54. The minimum Gasteiger partial charge on any atom is -0.389 e. The summed E-state index contributed by atoms with van der Waals surface area (Å²) in [6.07, 6.45) is 3.64. The first-order valence-electron chi connectivity index (χ1n) is 13.5. The third-order valence-corrected chi connectivity index (χ3v) is 9.28. The Kier molecular flexibility index (Phi) is 6.12. The second kappa shape index (κ2) is 9.68. The van der Waals surface area contributed by atoms with E-state index in [1.165, 1.54) is 6.07 Å². The van der Waals surface area contributed by atoms with Crippen LogP contribution >= 0.6 is 11.3 Å². The SMILES string of the molecule is CCCc1c(-c2ccc(F)c3sc(N)c(C#N)c23)c2c(c3cnc(N4CC(N5CCOCC5)C4)nc13)COC2. The fraction of sp³-hybridized carbons (Fsp3) is 0.414. The van der Waals surface area contributed by atoms with Crippen LogP contribution in [0.3, 0.4) is 0 Å². The summed E-state index contributed by atoms with van der Waals surface area (Å²) in [7, 11) is 0. The number of ether oxygens (including phenoxy) is 2. The molecule has 0 bridgehead atoms. The second-order valence-corrected chi connectivity index (χ2v) is 11.5. The molecule has 2 aromatic carbocycles. The summed E-state index contributed by atoms with van der Waals surface area (Å²) in [5.74, 6) is 0.366. The van der Waals surface area contributed by atoms with Crippen LogP contribution in [0.2, 0.25) is 0 Å². The summed E-state index contributed by atoms with van der Waals surface area (Å²) >= 11 is 1.13. The predicted octanol–water partition coefficient (Wildman–Crippen LogP) is 4.61. The van der Waals surface area contributed by atoms with E-state index in [4.69, 9.17) is 25.2 Å². The van der Waals surface area contributed by atoms with Crippen LogP contribution in [-0.4, -0.2) is 60.3 Å². The van der Waals surface area contributed by atoms with E-state index in [1.807, 2.05) is 6.20 Å². The van der Waals surface area contributed by atoms with Crippen molar-refractivity contribution >= 4 is 43.3 Å². The summed E-state index contributed by atoms with van der Waals surface area (Å²) < 4.78 is 26.8. The molecule has 2 fully saturated rings. The van der Waals surface area contributed by atoms with E-state index in [1.54, 1.807) is 6.07 Å². The molecule has 4 aromatic rings. The van der Waals surface area contributed by atoms with Crippen molar-refractivity contribution in [3.05, 3.63) is 46.4 Å². The van der Waals surface area contributed by atoms with Gasteiger partial charge in [-0.15, -0.1) is 11.3 Å². The molecule has 2 aromatic heterocycles. The number of nitrogen functional groups attached to an aromatic ring is 1. The van der Waals surface area contributed by atoms with Crippen LogP contribution in [0.25, 0.3) is 32.1 Å². The maximum absolute atomic E-state index is 14.9. The molecule has 0 unspecified atom stereocenters. The van der Waals surface area contributed by atoms with Gasteiger partial charge in [0.2, 0.25) is 5.95 Å². The number of benzene rings is 2. The molecule has 0 radical (unpaired) electrons. The molecular formula is C29H29FN6O2S. The van der Waals surface area contributed by atoms with Crippen LogP contribution in [0.15, 0.2) is 18.3 Å². The van der Waals surface area contributed by atoms with Gasteiger partial charge < -0.3 is 20.1 Å². The molecule has 5 heterocycles. The van der Waals surface area contributed by atoms with Crippen molar-refractivity contribution in [2.45, 2.75) is 39.0 Å². The first-order chi connectivity index (χ1) is 19.1. The molecule has 0 atom stereocenters. The highest BCUT2D eigenvalue weighted by Gasteiger charge is 2.35. The zero-order valence-electron chi connectivity index (χ0n) is 21.8. The number of anilines is 2. The van der Waals surface area contributed by atoms with Gasteiger partial charge in [0, 0.05) is 49.2 Å². The predicted molar refractivity (Wildman–Crippen MR) is 150 cm³/mol. The third-order valence-electron chi connectivity index (χ3n) is 8.25.